The summed E-state index contributed by atoms with van der Waals surface area (Å²) in [6, 6.07) is 22.6. The summed E-state index contributed by atoms with van der Waals surface area (Å²) in [6.45, 7) is 5.08. The maximum Gasteiger partial charge on any atom is 0.322 e. The van der Waals surface area contributed by atoms with Crippen molar-refractivity contribution < 1.29 is 4.79 Å². The Hall–Kier alpha value is -3.27. The lowest BCUT2D eigenvalue weighted by Crippen LogP contribution is -2.44. The van der Waals surface area contributed by atoms with Gasteiger partial charge in [-0.1, -0.05) is 68.4 Å². The zero-order chi connectivity index (χ0) is 20.0. The van der Waals surface area contributed by atoms with E-state index in [1.165, 1.54) is 16.6 Å². The number of nitrogens with zero attached hydrogens (tertiary/aromatic N) is 1. The highest BCUT2D eigenvalue weighted by Crippen LogP contribution is 2.38. The van der Waals surface area contributed by atoms with Crippen LogP contribution in [0, 0.1) is 5.92 Å². The molecule has 2 amide bonds. The number of anilines is 1. The van der Waals surface area contributed by atoms with E-state index in [0.29, 0.717) is 12.5 Å². The Labute approximate surface area is 170 Å². The number of urea groups is 1. The number of benzene rings is 3. The van der Waals surface area contributed by atoms with Crippen molar-refractivity contribution in [3.05, 3.63) is 78.0 Å². The van der Waals surface area contributed by atoms with Crippen molar-refractivity contribution in [1.29, 1.82) is 0 Å². The van der Waals surface area contributed by atoms with Crippen molar-refractivity contribution in [1.82, 2.24) is 9.88 Å². The summed E-state index contributed by atoms with van der Waals surface area (Å²) in [5, 5.41) is 6.65. The third-order valence-corrected chi connectivity index (χ3v) is 6.00. The molecular formula is C25H25N3O. The van der Waals surface area contributed by atoms with E-state index in [9.17, 15) is 4.79 Å². The quantitative estimate of drug-likeness (QED) is 0.431. The van der Waals surface area contributed by atoms with Crippen LogP contribution < -0.4 is 5.32 Å². The second-order valence-electron chi connectivity index (χ2n) is 8.15. The molecule has 0 bridgehead atoms. The standard InChI is InChI=1S/C25H25N3O/c1-16(2)24-23-20(19-11-5-6-12-22(19)26-23)14-15-28(24)25(29)27-21-13-7-9-17-8-3-4-10-18(17)21/h3-13,16,24,26H,14-15H2,1-2H3,(H,27,29)/t24-/m1/s1. The molecule has 0 saturated carbocycles. The van der Waals surface area contributed by atoms with Gasteiger partial charge in [0.2, 0.25) is 0 Å². The van der Waals surface area contributed by atoms with Gasteiger partial charge in [0.15, 0.2) is 0 Å². The third-order valence-electron chi connectivity index (χ3n) is 6.00. The van der Waals surface area contributed by atoms with Crippen molar-refractivity contribution in [2.24, 2.45) is 5.92 Å². The van der Waals surface area contributed by atoms with Crippen LogP contribution in [0.3, 0.4) is 0 Å². The minimum Gasteiger partial charge on any atom is -0.356 e. The number of hydrogen-bond donors (Lipinski definition) is 2. The smallest absolute Gasteiger partial charge is 0.322 e. The van der Waals surface area contributed by atoms with Crippen molar-refractivity contribution in [2.45, 2.75) is 26.3 Å². The summed E-state index contributed by atoms with van der Waals surface area (Å²) in [6.07, 6.45) is 0.867. The Kier molecular flexibility index (Phi) is 4.27. The van der Waals surface area contributed by atoms with Crippen LogP contribution in [0.5, 0.6) is 0 Å². The zero-order valence-corrected chi connectivity index (χ0v) is 16.8. The molecule has 1 aromatic heterocycles. The summed E-state index contributed by atoms with van der Waals surface area (Å²) in [5.74, 6) is 0.306. The number of hydrogen-bond acceptors (Lipinski definition) is 1. The van der Waals surface area contributed by atoms with Crippen molar-refractivity contribution in [2.75, 3.05) is 11.9 Å². The maximum absolute atomic E-state index is 13.4. The number of aromatic amines is 1. The molecule has 4 nitrogen and oxygen atoms in total. The van der Waals surface area contributed by atoms with Crippen LogP contribution in [-0.2, 0) is 6.42 Å². The van der Waals surface area contributed by atoms with E-state index in [-0.39, 0.29) is 12.1 Å². The average molecular weight is 383 g/mol. The Morgan fingerprint density at radius 3 is 2.55 bits per heavy atom. The number of carbonyl (C=O) groups excluding carboxylic acids is 1. The van der Waals surface area contributed by atoms with Gasteiger partial charge in [0.25, 0.3) is 0 Å². The van der Waals surface area contributed by atoms with Gasteiger partial charge in [0.1, 0.15) is 0 Å². The molecule has 0 saturated heterocycles. The lowest BCUT2D eigenvalue weighted by Gasteiger charge is -2.38. The highest BCUT2D eigenvalue weighted by molar-refractivity contribution is 6.01. The summed E-state index contributed by atoms with van der Waals surface area (Å²) >= 11 is 0. The van der Waals surface area contributed by atoms with E-state index in [1.54, 1.807) is 0 Å². The first-order valence-electron chi connectivity index (χ1n) is 10.3. The molecule has 1 atom stereocenters. The molecule has 146 valence electrons. The lowest BCUT2D eigenvalue weighted by molar-refractivity contribution is 0.159. The minimum absolute atomic E-state index is 0.0288. The number of fused-ring (bicyclic) bond motifs is 4. The number of para-hydroxylation sites is 1. The van der Waals surface area contributed by atoms with Crippen molar-refractivity contribution >= 4 is 33.4 Å². The molecule has 29 heavy (non-hydrogen) atoms. The van der Waals surface area contributed by atoms with E-state index in [1.807, 2.05) is 29.2 Å². The molecule has 2 N–H and O–H groups in total. The number of aromatic nitrogens is 1. The molecule has 0 unspecified atom stereocenters. The van der Waals surface area contributed by atoms with E-state index in [0.717, 1.165) is 28.4 Å². The third kappa shape index (κ3) is 2.96. The average Bonchev–Trinajstić information content (AvgIpc) is 3.11. The van der Waals surface area contributed by atoms with Crippen LogP contribution in [0.25, 0.3) is 21.7 Å². The van der Waals surface area contributed by atoms with Crippen LogP contribution in [0.2, 0.25) is 0 Å². The van der Waals surface area contributed by atoms with Gasteiger partial charge in [-0.2, -0.15) is 0 Å². The molecule has 5 rings (SSSR count). The topological polar surface area (TPSA) is 48.1 Å². The Bertz CT molecular complexity index is 1200. The second-order valence-corrected chi connectivity index (χ2v) is 8.15. The van der Waals surface area contributed by atoms with E-state index in [4.69, 9.17) is 0 Å². The van der Waals surface area contributed by atoms with Gasteiger partial charge >= 0.3 is 6.03 Å². The van der Waals surface area contributed by atoms with Gasteiger partial charge in [-0.25, -0.2) is 4.79 Å². The molecule has 1 aliphatic rings. The van der Waals surface area contributed by atoms with Gasteiger partial charge in [-0.05, 0) is 35.4 Å². The molecule has 0 fully saturated rings. The predicted molar refractivity (Wildman–Crippen MR) is 119 cm³/mol. The molecule has 1 aliphatic heterocycles. The largest absolute Gasteiger partial charge is 0.356 e. The van der Waals surface area contributed by atoms with E-state index >= 15 is 0 Å². The van der Waals surface area contributed by atoms with Crippen molar-refractivity contribution in [3.63, 3.8) is 0 Å². The van der Waals surface area contributed by atoms with E-state index in [2.05, 4.69) is 66.6 Å². The molecule has 0 aliphatic carbocycles. The van der Waals surface area contributed by atoms with Crippen LogP contribution in [0.1, 0.15) is 31.1 Å². The van der Waals surface area contributed by atoms with E-state index < -0.39 is 0 Å². The predicted octanol–water partition coefficient (Wildman–Crippen LogP) is 6.11. The molecule has 4 heteroatoms. The van der Waals surface area contributed by atoms with Crippen LogP contribution >= 0.6 is 0 Å². The first kappa shape index (κ1) is 17.8. The fourth-order valence-electron chi connectivity index (χ4n) is 4.71. The SMILES string of the molecule is CC(C)[C@@H]1c2[nH]c3ccccc3c2CCN1C(=O)Nc1cccc2ccccc12. The van der Waals surface area contributed by atoms with Crippen LogP contribution in [0.4, 0.5) is 10.5 Å². The van der Waals surface area contributed by atoms with Crippen LogP contribution in [-0.4, -0.2) is 22.5 Å². The molecule has 0 spiro atoms. The molecular weight excluding hydrogens is 358 g/mol. The number of H-pyrrole nitrogens is 1. The number of carbonyl (C=O) groups is 1. The highest BCUT2D eigenvalue weighted by Gasteiger charge is 2.35. The maximum atomic E-state index is 13.4. The fraction of sp³-hybridized carbons (Fsp3) is 0.240. The molecule has 4 aromatic rings. The van der Waals surface area contributed by atoms with Gasteiger partial charge in [-0.3, -0.25) is 0 Å². The summed E-state index contributed by atoms with van der Waals surface area (Å²) in [5.41, 5.74) is 4.55. The second kappa shape index (κ2) is 6.96. The Morgan fingerprint density at radius 2 is 1.72 bits per heavy atom. The van der Waals surface area contributed by atoms with Gasteiger partial charge in [0.05, 0.1) is 11.7 Å². The first-order valence-corrected chi connectivity index (χ1v) is 10.3. The molecule has 3 aromatic carbocycles. The summed E-state index contributed by atoms with van der Waals surface area (Å²) in [7, 11) is 0. The highest BCUT2D eigenvalue weighted by atomic mass is 16.2. The first-order chi connectivity index (χ1) is 14.1. The number of nitrogens with one attached hydrogen (secondary N) is 2. The number of amides is 2. The fourth-order valence-corrected chi connectivity index (χ4v) is 4.71. The van der Waals surface area contributed by atoms with Crippen LogP contribution in [0.15, 0.2) is 66.7 Å². The normalized spacial score (nSPS) is 16.4. The summed E-state index contributed by atoms with van der Waals surface area (Å²) in [4.78, 5) is 18.9. The van der Waals surface area contributed by atoms with Gasteiger partial charge < -0.3 is 15.2 Å². The lowest BCUT2D eigenvalue weighted by atomic mass is 9.90. The minimum atomic E-state index is -0.0376. The zero-order valence-electron chi connectivity index (χ0n) is 16.8. The Balaban J connectivity index is 1.51. The Morgan fingerprint density at radius 1 is 1.00 bits per heavy atom. The summed E-state index contributed by atoms with van der Waals surface area (Å²) < 4.78 is 0. The monoisotopic (exact) mass is 383 g/mol. The molecule has 0 radical (unpaired) electrons. The van der Waals surface area contributed by atoms with Gasteiger partial charge in [0, 0.05) is 28.5 Å². The van der Waals surface area contributed by atoms with Crippen molar-refractivity contribution in [3.8, 4) is 0 Å². The molecule has 2 heterocycles. The number of rotatable bonds is 2. The van der Waals surface area contributed by atoms with Gasteiger partial charge in [-0.15, -0.1) is 0 Å².